The molecule has 0 unspecified atom stereocenters. The molecule has 1 aromatic carbocycles. The van der Waals surface area contributed by atoms with E-state index in [9.17, 15) is 4.79 Å². The molecule has 0 aromatic heterocycles. The molecule has 4 heteroatoms. The Bertz CT molecular complexity index is 700. The van der Waals surface area contributed by atoms with E-state index in [2.05, 4.69) is 17.1 Å². The zero-order chi connectivity index (χ0) is 15.8. The summed E-state index contributed by atoms with van der Waals surface area (Å²) in [6.07, 6.45) is 6.56. The number of fused-ring (bicyclic) bond motifs is 7. The van der Waals surface area contributed by atoms with E-state index in [1.165, 1.54) is 6.42 Å². The van der Waals surface area contributed by atoms with Crippen molar-refractivity contribution in [2.75, 3.05) is 6.61 Å². The first-order valence-corrected chi connectivity index (χ1v) is 8.89. The Balaban J connectivity index is 1.64. The summed E-state index contributed by atoms with van der Waals surface area (Å²) in [5.74, 6) is 1.79. The van der Waals surface area contributed by atoms with Gasteiger partial charge in [-0.25, -0.2) is 0 Å². The van der Waals surface area contributed by atoms with Crippen LogP contribution < -0.4 is 0 Å². The molecule has 5 rings (SSSR count). The van der Waals surface area contributed by atoms with Crippen LogP contribution in [0.3, 0.4) is 0 Å². The third kappa shape index (κ3) is 1.72. The summed E-state index contributed by atoms with van der Waals surface area (Å²) in [7, 11) is 0. The number of amides is 1. The zero-order valence-corrected chi connectivity index (χ0v) is 13.9. The number of carbonyl (C=O) groups is 1. The summed E-state index contributed by atoms with van der Waals surface area (Å²) in [5, 5.41) is 0.714. The molecule has 4 aliphatic rings. The molecule has 3 fully saturated rings. The van der Waals surface area contributed by atoms with E-state index in [-0.39, 0.29) is 11.8 Å². The summed E-state index contributed by atoms with van der Waals surface area (Å²) in [5.41, 5.74) is 0.463. The molecule has 2 aliphatic carbocycles. The topological polar surface area (TPSA) is 29.5 Å². The fourth-order valence-electron chi connectivity index (χ4n) is 5.32. The Morgan fingerprint density at radius 1 is 1.22 bits per heavy atom. The number of carbonyl (C=O) groups excluding carboxylic acids is 1. The van der Waals surface area contributed by atoms with Gasteiger partial charge in [-0.3, -0.25) is 4.79 Å². The highest BCUT2D eigenvalue weighted by Gasteiger charge is 2.63. The molecule has 1 amide bonds. The number of hydrogen-bond acceptors (Lipinski definition) is 2. The molecule has 0 spiro atoms. The van der Waals surface area contributed by atoms with Crippen molar-refractivity contribution in [3.63, 3.8) is 0 Å². The Kier molecular flexibility index (Phi) is 2.82. The number of rotatable bonds is 1. The average molecular weight is 330 g/mol. The van der Waals surface area contributed by atoms with Crippen molar-refractivity contribution >= 4 is 17.5 Å². The second kappa shape index (κ2) is 4.61. The second-order valence-electron chi connectivity index (χ2n) is 7.52. The molecule has 3 nitrogen and oxygen atoms in total. The van der Waals surface area contributed by atoms with Crippen molar-refractivity contribution in [2.45, 2.75) is 31.5 Å². The van der Waals surface area contributed by atoms with Crippen LogP contribution >= 0.6 is 11.6 Å². The van der Waals surface area contributed by atoms with Gasteiger partial charge >= 0.3 is 0 Å². The smallest absolute Gasteiger partial charge is 0.228 e. The van der Waals surface area contributed by atoms with Gasteiger partial charge in [0.25, 0.3) is 0 Å². The van der Waals surface area contributed by atoms with Crippen molar-refractivity contribution in [1.82, 2.24) is 4.90 Å². The minimum atomic E-state index is -0.597. The molecule has 2 bridgehead atoms. The summed E-state index contributed by atoms with van der Waals surface area (Å²) in [4.78, 5) is 15.1. The molecule has 1 saturated carbocycles. The van der Waals surface area contributed by atoms with Crippen LogP contribution in [0.15, 0.2) is 36.4 Å². The molecule has 120 valence electrons. The molecule has 2 heterocycles. The van der Waals surface area contributed by atoms with Crippen molar-refractivity contribution < 1.29 is 9.53 Å². The molecular formula is C19H20ClNO2. The van der Waals surface area contributed by atoms with E-state index in [0.29, 0.717) is 28.8 Å². The molecule has 6 atom stereocenters. The Hall–Kier alpha value is -1.32. The van der Waals surface area contributed by atoms with E-state index in [0.717, 1.165) is 18.6 Å². The monoisotopic (exact) mass is 329 g/mol. The van der Waals surface area contributed by atoms with Gasteiger partial charge in [0.1, 0.15) is 0 Å². The highest BCUT2D eigenvalue weighted by Crippen LogP contribution is 2.57. The van der Waals surface area contributed by atoms with Gasteiger partial charge < -0.3 is 9.64 Å². The fourth-order valence-corrected chi connectivity index (χ4v) is 5.45. The van der Waals surface area contributed by atoms with Gasteiger partial charge in [-0.2, -0.15) is 0 Å². The van der Waals surface area contributed by atoms with Crippen molar-refractivity contribution in [3.05, 3.63) is 47.0 Å². The van der Waals surface area contributed by atoms with Gasteiger partial charge in [0.15, 0.2) is 5.72 Å². The largest absolute Gasteiger partial charge is 0.351 e. The first-order valence-electron chi connectivity index (χ1n) is 8.52. The lowest BCUT2D eigenvalue weighted by molar-refractivity contribution is -0.218. The lowest BCUT2D eigenvalue weighted by atomic mass is 9.84. The summed E-state index contributed by atoms with van der Waals surface area (Å²) >= 11 is 6.06. The van der Waals surface area contributed by atoms with E-state index >= 15 is 0 Å². The predicted molar refractivity (Wildman–Crippen MR) is 87.7 cm³/mol. The van der Waals surface area contributed by atoms with Crippen molar-refractivity contribution in [3.8, 4) is 0 Å². The van der Waals surface area contributed by atoms with Gasteiger partial charge in [0.2, 0.25) is 5.91 Å². The maximum Gasteiger partial charge on any atom is 0.228 e. The summed E-state index contributed by atoms with van der Waals surface area (Å²) in [6.45, 7) is 2.77. The van der Waals surface area contributed by atoms with Gasteiger partial charge in [0, 0.05) is 34.9 Å². The molecule has 1 aromatic rings. The molecule has 0 N–H and O–H groups in total. The normalized spacial score (nSPS) is 43.8. The van der Waals surface area contributed by atoms with Crippen LogP contribution in [0.25, 0.3) is 0 Å². The first kappa shape index (κ1) is 14.1. The van der Waals surface area contributed by atoms with Crippen LogP contribution in [0.1, 0.15) is 25.3 Å². The van der Waals surface area contributed by atoms with Crippen LogP contribution in [0, 0.1) is 23.7 Å². The number of nitrogens with zero attached hydrogens (tertiary/aromatic N) is 1. The minimum Gasteiger partial charge on any atom is -0.351 e. The number of allylic oxidation sites excluding steroid dienone is 1. The number of ether oxygens (including phenoxy) is 1. The summed E-state index contributed by atoms with van der Waals surface area (Å²) in [6, 6.07) is 8.13. The van der Waals surface area contributed by atoms with Gasteiger partial charge in [0.05, 0.1) is 6.61 Å². The van der Waals surface area contributed by atoms with E-state index in [4.69, 9.17) is 16.3 Å². The van der Waals surface area contributed by atoms with Crippen LogP contribution in [0.2, 0.25) is 5.02 Å². The standard InChI is InChI=1S/C19H20ClNO2/c1-11-9-19(14-4-6-15(20)7-5-14)21(18(11)22)17-13-3-2-12(8-13)16(17)10-23-19/h2-7,11-13,16-17H,8-10H2,1H3/t11-,12+,13-,16+,17-,19-/m0/s1. The van der Waals surface area contributed by atoms with Gasteiger partial charge in [-0.05, 0) is 30.4 Å². The molecule has 2 saturated heterocycles. The van der Waals surface area contributed by atoms with Crippen LogP contribution in [0.4, 0.5) is 0 Å². The number of benzene rings is 1. The lowest BCUT2D eigenvalue weighted by Gasteiger charge is -2.51. The number of halogens is 1. The Labute approximate surface area is 141 Å². The molecule has 0 radical (unpaired) electrons. The zero-order valence-electron chi connectivity index (χ0n) is 13.1. The maximum absolute atomic E-state index is 13.0. The van der Waals surface area contributed by atoms with Crippen LogP contribution in [0.5, 0.6) is 0 Å². The van der Waals surface area contributed by atoms with E-state index in [1.54, 1.807) is 0 Å². The van der Waals surface area contributed by atoms with Crippen molar-refractivity contribution in [1.29, 1.82) is 0 Å². The van der Waals surface area contributed by atoms with E-state index in [1.807, 2.05) is 31.2 Å². The predicted octanol–water partition coefficient (Wildman–Crippen LogP) is 3.58. The minimum absolute atomic E-state index is 0.00698. The first-order chi connectivity index (χ1) is 11.1. The quantitative estimate of drug-likeness (QED) is 0.737. The summed E-state index contributed by atoms with van der Waals surface area (Å²) < 4.78 is 6.45. The van der Waals surface area contributed by atoms with Crippen LogP contribution in [-0.4, -0.2) is 23.5 Å². The fraction of sp³-hybridized carbons (Fsp3) is 0.526. The Morgan fingerprint density at radius 2 is 1.96 bits per heavy atom. The Morgan fingerprint density at radius 3 is 2.74 bits per heavy atom. The van der Waals surface area contributed by atoms with Gasteiger partial charge in [-0.15, -0.1) is 0 Å². The average Bonchev–Trinajstić information content (AvgIpc) is 3.22. The molecule has 23 heavy (non-hydrogen) atoms. The van der Waals surface area contributed by atoms with E-state index < -0.39 is 5.72 Å². The van der Waals surface area contributed by atoms with Crippen molar-refractivity contribution in [2.24, 2.45) is 23.7 Å². The highest BCUT2D eigenvalue weighted by atomic mass is 35.5. The van der Waals surface area contributed by atoms with Crippen LogP contribution in [-0.2, 0) is 15.3 Å². The third-order valence-electron chi connectivity index (χ3n) is 6.32. The third-order valence-corrected chi connectivity index (χ3v) is 6.57. The molecular weight excluding hydrogens is 310 g/mol. The van der Waals surface area contributed by atoms with Gasteiger partial charge in [-0.1, -0.05) is 42.8 Å². The lowest BCUT2D eigenvalue weighted by Crippen LogP contribution is -2.60. The number of hydrogen-bond donors (Lipinski definition) is 0. The highest BCUT2D eigenvalue weighted by molar-refractivity contribution is 6.30. The maximum atomic E-state index is 13.0. The molecule has 2 aliphatic heterocycles. The second-order valence-corrected chi connectivity index (χ2v) is 7.95. The SMILES string of the molecule is C[C@H]1C[C@@]2(c3ccc(Cl)cc3)OC[C@H]3[C@H]([C@H]4C=C[C@@H]3C4)N2C1=O.